The molecule has 0 saturated heterocycles. The van der Waals surface area contributed by atoms with Crippen LogP contribution in [0.4, 0.5) is 0 Å². The summed E-state index contributed by atoms with van der Waals surface area (Å²) in [4.78, 5) is 0. The summed E-state index contributed by atoms with van der Waals surface area (Å²) in [7, 11) is 0. The predicted octanol–water partition coefficient (Wildman–Crippen LogP) is 4.80. The molecule has 1 nitrogen and oxygen atoms in total. The van der Waals surface area contributed by atoms with E-state index < -0.39 is 0 Å². The first kappa shape index (κ1) is 12.7. The van der Waals surface area contributed by atoms with Gasteiger partial charge in [-0.2, -0.15) is 0 Å². The third-order valence-corrected chi connectivity index (χ3v) is 4.47. The van der Waals surface area contributed by atoms with Crippen LogP contribution in [-0.2, 0) is 6.42 Å². The SMILES string of the molecule is NC(Cc1cccc(Cl)c1)c1csc2ccccc12. The lowest BCUT2D eigenvalue weighted by molar-refractivity contribution is 0.730. The zero-order chi connectivity index (χ0) is 13.2. The highest BCUT2D eigenvalue weighted by molar-refractivity contribution is 7.17. The highest BCUT2D eigenvalue weighted by atomic mass is 35.5. The van der Waals surface area contributed by atoms with Gasteiger partial charge in [-0.15, -0.1) is 11.3 Å². The normalized spacial score (nSPS) is 12.7. The van der Waals surface area contributed by atoms with Crippen molar-refractivity contribution in [2.24, 2.45) is 5.73 Å². The van der Waals surface area contributed by atoms with Gasteiger partial charge in [0.2, 0.25) is 0 Å². The highest BCUT2D eigenvalue weighted by Gasteiger charge is 2.12. The van der Waals surface area contributed by atoms with Gasteiger partial charge >= 0.3 is 0 Å². The number of benzene rings is 2. The van der Waals surface area contributed by atoms with E-state index in [1.165, 1.54) is 21.2 Å². The first-order chi connectivity index (χ1) is 9.24. The summed E-state index contributed by atoms with van der Waals surface area (Å²) in [5.74, 6) is 0. The summed E-state index contributed by atoms with van der Waals surface area (Å²) < 4.78 is 1.29. The zero-order valence-corrected chi connectivity index (χ0v) is 11.9. The predicted molar refractivity (Wildman–Crippen MR) is 83.9 cm³/mol. The number of halogens is 1. The van der Waals surface area contributed by atoms with Gasteiger partial charge in [0, 0.05) is 15.8 Å². The number of rotatable bonds is 3. The lowest BCUT2D eigenvalue weighted by Crippen LogP contribution is -2.12. The molecule has 0 saturated carbocycles. The van der Waals surface area contributed by atoms with Crippen LogP contribution in [0.5, 0.6) is 0 Å². The first-order valence-corrected chi connectivity index (χ1v) is 7.46. The van der Waals surface area contributed by atoms with Gasteiger partial charge in [-0.05, 0) is 46.5 Å². The van der Waals surface area contributed by atoms with Crippen LogP contribution < -0.4 is 5.73 Å². The Morgan fingerprint density at radius 3 is 2.79 bits per heavy atom. The van der Waals surface area contributed by atoms with E-state index in [1.54, 1.807) is 11.3 Å². The Bertz CT molecular complexity index is 705. The second-order valence-corrected chi connectivity index (χ2v) is 5.98. The molecule has 0 aliphatic rings. The van der Waals surface area contributed by atoms with Gasteiger partial charge in [-0.25, -0.2) is 0 Å². The Labute approximate surface area is 121 Å². The quantitative estimate of drug-likeness (QED) is 0.736. The van der Waals surface area contributed by atoms with Gasteiger partial charge in [0.05, 0.1) is 0 Å². The lowest BCUT2D eigenvalue weighted by Gasteiger charge is -2.11. The maximum Gasteiger partial charge on any atom is 0.0408 e. The molecule has 1 heterocycles. The Kier molecular flexibility index (Phi) is 3.56. The molecule has 2 aromatic carbocycles. The molecular weight excluding hydrogens is 274 g/mol. The van der Waals surface area contributed by atoms with Gasteiger partial charge < -0.3 is 5.73 Å². The van der Waals surface area contributed by atoms with Crippen LogP contribution in [0.1, 0.15) is 17.2 Å². The van der Waals surface area contributed by atoms with Crippen LogP contribution in [-0.4, -0.2) is 0 Å². The molecule has 3 aromatic rings. The molecule has 0 spiro atoms. The third kappa shape index (κ3) is 2.66. The van der Waals surface area contributed by atoms with Crippen molar-refractivity contribution in [3.8, 4) is 0 Å². The summed E-state index contributed by atoms with van der Waals surface area (Å²) in [6.07, 6.45) is 0.807. The zero-order valence-electron chi connectivity index (χ0n) is 10.3. The molecule has 0 aliphatic heterocycles. The monoisotopic (exact) mass is 287 g/mol. The van der Waals surface area contributed by atoms with E-state index in [1.807, 2.05) is 18.2 Å². The van der Waals surface area contributed by atoms with E-state index in [9.17, 15) is 0 Å². The summed E-state index contributed by atoms with van der Waals surface area (Å²) in [6.45, 7) is 0. The van der Waals surface area contributed by atoms with E-state index in [2.05, 4.69) is 35.7 Å². The van der Waals surface area contributed by atoms with Crippen molar-refractivity contribution in [2.45, 2.75) is 12.5 Å². The molecule has 0 bridgehead atoms. The molecule has 0 radical (unpaired) electrons. The Hall–Kier alpha value is -1.35. The fraction of sp³-hybridized carbons (Fsp3) is 0.125. The average molecular weight is 288 g/mol. The van der Waals surface area contributed by atoms with Gasteiger partial charge in [0.1, 0.15) is 0 Å². The van der Waals surface area contributed by atoms with Crippen molar-refractivity contribution in [3.63, 3.8) is 0 Å². The van der Waals surface area contributed by atoms with Crippen molar-refractivity contribution in [2.75, 3.05) is 0 Å². The molecule has 0 fully saturated rings. The van der Waals surface area contributed by atoms with Gasteiger partial charge in [0.15, 0.2) is 0 Å². The number of hydrogen-bond acceptors (Lipinski definition) is 2. The van der Waals surface area contributed by atoms with E-state index in [-0.39, 0.29) is 6.04 Å². The van der Waals surface area contributed by atoms with Crippen LogP contribution >= 0.6 is 22.9 Å². The number of nitrogens with two attached hydrogens (primary N) is 1. The maximum atomic E-state index is 6.35. The standard InChI is InChI=1S/C16H14ClNS/c17-12-5-3-4-11(8-12)9-15(18)14-10-19-16-7-2-1-6-13(14)16/h1-8,10,15H,9,18H2. The Morgan fingerprint density at radius 1 is 1.11 bits per heavy atom. The molecule has 3 rings (SSSR count). The van der Waals surface area contributed by atoms with Crippen molar-refractivity contribution >= 4 is 33.0 Å². The maximum absolute atomic E-state index is 6.35. The minimum atomic E-state index is 0.00890. The summed E-state index contributed by atoms with van der Waals surface area (Å²) in [6, 6.07) is 16.3. The van der Waals surface area contributed by atoms with Crippen LogP contribution in [0.15, 0.2) is 53.9 Å². The molecule has 0 aliphatic carbocycles. The second kappa shape index (κ2) is 5.33. The van der Waals surface area contributed by atoms with Crippen LogP contribution in [0.2, 0.25) is 5.02 Å². The summed E-state index contributed by atoms with van der Waals surface area (Å²) in [5, 5.41) is 4.20. The third-order valence-electron chi connectivity index (χ3n) is 3.26. The minimum Gasteiger partial charge on any atom is -0.324 e. The number of thiophene rings is 1. The molecule has 1 unspecified atom stereocenters. The molecule has 19 heavy (non-hydrogen) atoms. The van der Waals surface area contributed by atoms with Gasteiger partial charge in [-0.1, -0.05) is 41.9 Å². The van der Waals surface area contributed by atoms with E-state index in [0.29, 0.717) is 0 Å². The molecule has 2 N–H and O–H groups in total. The van der Waals surface area contributed by atoms with Crippen LogP contribution in [0.25, 0.3) is 10.1 Å². The topological polar surface area (TPSA) is 26.0 Å². The van der Waals surface area contributed by atoms with E-state index in [4.69, 9.17) is 17.3 Å². The van der Waals surface area contributed by atoms with Crippen LogP contribution in [0, 0.1) is 0 Å². The molecule has 3 heteroatoms. The van der Waals surface area contributed by atoms with Crippen molar-refractivity contribution < 1.29 is 0 Å². The first-order valence-electron chi connectivity index (χ1n) is 6.20. The largest absolute Gasteiger partial charge is 0.324 e. The highest BCUT2D eigenvalue weighted by Crippen LogP contribution is 2.30. The van der Waals surface area contributed by atoms with Crippen molar-refractivity contribution in [3.05, 3.63) is 70.1 Å². The second-order valence-electron chi connectivity index (χ2n) is 4.63. The summed E-state index contributed by atoms with van der Waals surface area (Å²) >= 11 is 7.76. The lowest BCUT2D eigenvalue weighted by atomic mass is 9.99. The fourth-order valence-corrected chi connectivity index (χ4v) is 3.55. The minimum absolute atomic E-state index is 0.00890. The molecular formula is C16H14ClNS. The Morgan fingerprint density at radius 2 is 1.95 bits per heavy atom. The van der Waals surface area contributed by atoms with Crippen molar-refractivity contribution in [1.82, 2.24) is 0 Å². The molecule has 1 atom stereocenters. The van der Waals surface area contributed by atoms with Crippen LogP contribution in [0.3, 0.4) is 0 Å². The molecule has 96 valence electrons. The van der Waals surface area contributed by atoms with E-state index >= 15 is 0 Å². The summed E-state index contributed by atoms with van der Waals surface area (Å²) in [5.41, 5.74) is 8.75. The van der Waals surface area contributed by atoms with E-state index in [0.717, 1.165) is 11.4 Å². The average Bonchev–Trinajstić information content (AvgIpc) is 2.82. The smallest absolute Gasteiger partial charge is 0.0408 e. The Balaban J connectivity index is 1.90. The number of fused-ring (bicyclic) bond motifs is 1. The molecule has 1 aromatic heterocycles. The molecule has 0 amide bonds. The van der Waals surface area contributed by atoms with Gasteiger partial charge in [0.25, 0.3) is 0 Å². The van der Waals surface area contributed by atoms with Gasteiger partial charge in [-0.3, -0.25) is 0 Å². The number of hydrogen-bond donors (Lipinski definition) is 1. The fourth-order valence-electron chi connectivity index (χ4n) is 2.31. The van der Waals surface area contributed by atoms with Crippen molar-refractivity contribution in [1.29, 1.82) is 0 Å².